The van der Waals surface area contributed by atoms with Crippen molar-refractivity contribution in [3.05, 3.63) is 52.0 Å². The Morgan fingerprint density at radius 3 is 3.11 bits per heavy atom. The lowest BCUT2D eigenvalue weighted by molar-refractivity contribution is 0.497. The Bertz CT molecular complexity index is 525. The number of hydrogen-bond donors (Lipinski definition) is 1. The van der Waals surface area contributed by atoms with Crippen LogP contribution in [0.15, 0.2) is 39.9 Å². The van der Waals surface area contributed by atoms with Crippen LogP contribution < -0.4 is 5.32 Å². The van der Waals surface area contributed by atoms with Crippen molar-refractivity contribution in [3.8, 4) is 0 Å². The van der Waals surface area contributed by atoms with Gasteiger partial charge in [0.1, 0.15) is 5.82 Å². The Kier molecular flexibility index (Phi) is 3.68. The Morgan fingerprint density at radius 1 is 1.33 bits per heavy atom. The normalized spacial score (nSPS) is 18.6. The van der Waals surface area contributed by atoms with Crippen molar-refractivity contribution in [2.45, 2.75) is 23.9 Å². The van der Waals surface area contributed by atoms with Gasteiger partial charge in [-0.05, 0) is 46.2 Å². The van der Waals surface area contributed by atoms with Gasteiger partial charge >= 0.3 is 0 Å². The van der Waals surface area contributed by atoms with E-state index in [1.54, 1.807) is 35.2 Å². The Labute approximate surface area is 114 Å². The van der Waals surface area contributed by atoms with E-state index >= 15 is 0 Å². The molecular weight excluding hydrogens is 265 g/mol. The fraction of sp³-hybridized carbons (Fsp3) is 0.286. The smallest absolute Gasteiger partial charge is 0.137 e. The topological polar surface area (TPSA) is 12.0 Å². The summed E-state index contributed by atoms with van der Waals surface area (Å²) in [6.07, 6.45) is 1.06. The lowest BCUT2D eigenvalue weighted by Gasteiger charge is -2.26. The molecule has 2 aromatic rings. The average molecular weight is 279 g/mol. The van der Waals surface area contributed by atoms with Crippen molar-refractivity contribution in [1.29, 1.82) is 0 Å². The maximum atomic E-state index is 13.7. The van der Waals surface area contributed by atoms with E-state index in [4.69, 9.17) is 0 Å². The van der Waals surface area contributed by atoms with Crippen molar-refractivity contribution in [1.82, 2.24) is 5.32 Å². The first kappa shape index (κ1) is 12.2. The fourth-order valence-electron chi connectivity index (χ4n) is 2.23. The molecule has 1 aliphatic heterocycles. The van der Waals surface area contributed by atoms with Gasteiger partial charge in [-0.2, -0.15) is 11.3 Å². The second kappa shape index (κ2) is 5.43. The number of fused-ring (bicyclic) bond motifs is 1. The van der Waals surface area contributed by atoms with Gasteiger partial charge in [0.15, 0.2) is 0 Å². The van der Waals surface area contributed by atoms with Gasteiger partial charge in [-0.25, -0.2) is 4.39 Å². The van der Waals surface area contributed by atoms with Gasteiger partial charge in [0, 0.05) is 17.5 Å². The van der Waals surface area contributed by atoms with E-state index < -0.39 is 0 Å². The van der Waals surface area contributed by atoms with E-state index in [1.807, 2.05) is 6.07 Å². The maximum Gasteiger partial charge on any atom is 0.137 e. The zero-order valence-corrected chi connectivity index (χ0v) is 11.5. The summed E-state index contributed by atoms with van der Waals surface area (Å²) in [6.45, 7) is 0.856. The summed E-state index contributed by atoms with van der Waals surface area (Å²) < 4.78 is 13.7. The summed E-state index contributed by atoms with van der Waals surface area (Å²) in [7, 11) is 0. The van der Waals surface area contributed by atoms with Crippen LogP contribution in [0.1, 0.15) is 23.6 Å². The van der Waals surface area contributed by atoms with E-state index in [9.17, 15) is 4.39 Å². The number of thioether (sulfide) groups is 1. The Hall–Kier alpha value is -0.840. The highest BCUT2D eigenvalue weighted by Gasteiger charge is 2.22. The first-order valence-electron chi connectivity index (χ1n) is 6.00. The largest absolute Gasteiger partial charge is 0.306 e. The van der Waals surface area contributed by atoms with Crippen molar-refractivity contribution in [2.75, 3.05) is 5.75 Å². The standard InChI is InChI=1S/C14H14FNS2/c15-12-3-1-2-11-13(5-7-18-14(11)12)16-8-10-4-6-17-9-10/h1-4,6,9,13,16H,5,7-8H2. The zero-order valence-electron chi connectivity index (χ0n) is 9.86. The van der Waals surface area contributed by atoms with Crippen molar-refractivity contribution in [3.63, 3.8) is 0 Å². The summed E-state index contributed by atoms with van der Waals surface area (Å²) in [5, 5.41) is 7.77. The second-order valence-electron chi connectivity index (χ2n) is 4.36. The summed E-state index contributed by atoms with van der Waals surface area (Å²) in [4.78, 5) is 0.826. The molecule has 1 aromatic carbocycles. The van der Waals surface area contributed by atoms with Gasteiger partial charge in [0.2, 0.25) is 0 Å². The first-order valence-corrected chi connectivity index (χ1v) is 7.93. The number of thiophene rings is 1. The Morgan fingerprint density at radius 2 is 2.28 bits per heavy atom. The fourth-order valence-corrected chi connectivity index (χ4v) is 4.04. The molecule has 1 N–H and O–H groups in total. The number of halogens is 1. The summed E-state index contributed by atoms with van der Waals surface area (Å²) in [6, 6.07) is 7.79. The molecule has 0 fully saturated rings. The number of hydrogen-bond acceptors (Lipinski definition) is 3. The molecule has 0 aliphatic carbocycles. The monoisotopic (exact) mass is 279 g/mol. The summed E-state index contributed by atoms with van der Waals surface area (Å²) >= 11 is 3.34. The molecule has 94 valence electrons. The molecule has 0 saturated heterocycles. The third-order valence-electron chi connectivity index (χ3n) is 3.16. The molecule has 2 heterocycles. The number of benzene rings is 1. The van der Waals surface area contributed by atoms with Crippen LogP contribution in [0.25, 0.3) is 0 Å². The van der Waals surface area contributed by atoms with Crippen LogP contribution in [-0.4, -0.2) is 5.75 Å². The molecule has 4 heteroatoms. The lowest BCUT2D eigenvalue weighted by atomic mass is 10.0. The van der Waals surface area contributed by atoms with Gasteiger partial charge in [-0.15, -0.1) is 11.8 Å². The van der Waals surface area contributed by atoms with Gasteiger partial charge in [-0.3, -0.25) is 0 Å². The van der Waals surface area contributed by atoms with Gasteiger partial charge in [0.05, 0.1) is 0 Å². The highest BCUT2D eigenvalue weighted by molar-refractivity contribution is 7.99. The van der Waals surface area contributed by atoms with Crippen molar-refractivity contribution >= 4 is 23.1 Å². The molecule has 0 radical (unpaired) electrons. The quantitative estimate of drug-likeness (QED) is 0.903. The van der Waals surface area contributed by atoms with E-state index in [-0.39, 0.29) is 11.9 Å². The molecule has 1 aliphatic rings. The zero-order chi connectivity index (χ0) is 12.4. The molecule has 0 saturated carbocycles. The molecule has 0 bridgehead atoms. The average Bonchev–Trinajstić information content (AvgIpc) is 2.90. The van der Waals surface area contributed by atoms with Gasteiger partial charge in [-0.1, -0.05) is 12.1 Å². The maximum absolute atomic E-state index is 13.7. The van der Waals surface area contributed by atoms with Crippen LogP contribution in [0.2, 0.25) is 0 Å². The third-order valence-corrected chi connectivity index (χ3v) is 5.05. The summed E-state index contributed by atoms with van der Waals surface area (Å²) in [5.74, 6) is 0.898. The van der Waals surface area contributed by atoms with Crippen LogP contribution in [0.4, 0.5) is 4.39 Å². The predicted octanol–water partition coefficient (Wildman–Crippen LogP) is 4.21. The lowest BCUT2D eigenvalue weighted by Crippen LogP contribution is -2.24. The number of nitrogens with one attached hydrogen (secondary N) is 1. The molecule has 1 unspecified atom stereocenters. The van der Waals surface area contributed by atoms with Crippen LogP contribution in [0.5, 0.6) is 0 Å². The molecule has 1 atom stereocenters. The summed E-state index contributed by atoms with van der Waals surface area (Å²) in [5.41, 5.74) is 2.41. The minimum Gasteiger partial charge on any atom is -0.306 e. The van der Waals surface area contributed by atoms with Crippen molar-refractivity contribution < 1.29 is 4.39 Å². The van der Waals surface area contributed by atoms with Gasteiger partial charge < -0.3 is 5.32 Å². The first-order chi connectivity index (χ1) is 8.84. The van der Waals surface area contributed by atoms with E-state index in [2.05, 4.69) is 22.1 Å². The second-order valence-corrected chi connectivity index (χ2v) is 6.25. The van der Waals surface area contributed by atoms with Crippen LogP contribution in [0.3, 0.4) is 0 Å². The SMILES string of the molecule is Fc1cccc2c1SCCC2NCc1ccsc1. The minimum atomic E-state index is -0.0838. The van der Waals surface area contributed by atoms with Crippen LogP contribution in [-0.2, 0) is 6.54 Å². The molecule has 18 heavy (non-hydrogen) atoms. The molecule has 0 amide bonds. The van der Waals surface area contributed by atoms with Gasteiger partial charge in [0.25, 0.3) is 0 Å². The minimum absolute atomic E-state index is 0.0838. The van der Waals surface area contributed by atoms with Crippen LogP contribution >= 0.6 is 23.1 Å². The molecular formula is C14H14FNS2. The molecule has 1 aromatic heterocycles. The third kappa shape index (κ3) is 2.46. The predicted molar refractivity (Wildman–Crippen MR) is 75.6 cm³/mol. The highest BCUT2D eigenvalue weighted by atomic mass is 32.2. The Balaban J connectivity index is 1.77. The van der Waals surface area contributed by atoms with E-state index in [0.717, 1.165) is 29.2 Å². The van der Waals surface area contributed by atoms with Crippen LogP contribution in [0, 0.1) is 5.82 Å². The molecule has 3 rings (SSSR count). The molecule has 1 nitrogen and oxygen atoms in total. The number of rotatable bonds is 3. The molecule has 0 spiro atoms. The van der Waals surface area contributed by atoms with Crippen molar-refractivity contribution in [2.24, 2.45) is 0 Å². The van der Waals surface area contributed by atoms with E-state index in [1.165, 1.54) is 5.56 Å². The van der Waals surface area contributed by atoms with E-state index in [0.29, 0.717) is 0 Å². The highest BCUT2D eigenvalue weighted by Crippen LogP contribution is 2.37.